The summed E-state index contributed by atoms with van der Waals surface area (Å²) in [6.07, 6.45) is 2.18. The predicted octanol–water partition coefficient (Wildman–Crippen LogP) is 2.47. The van der Waals surface area contributed by atoms with E-state index in [9.17, 15) is 0 Å². The van der Waals surface area contributed by atoms with Crippen molar-refractivity contribution in [2.45, 2.75) is 25.4 Å². The van der Waals surface area contributed by atoms with Crippen LogP contribution < -0.4 is 11.1 Å². The Balaban J connectivity index is 1.31. The first-order chi connectivity index (χ1) is 14.8. The maximum Gasteiger partial charge on any atom is 0.188 e. The van der Waals surface area contributed by atoms with Crippen molar-refractivity contribution < 1.29 is 4.74 Å². The Morgan fingerprint density at radius 1 is 1.17 bits per heavy atom. The minimum Gasteiger partial charge on any atom is -0.379 e. The summed E-state index contributed by atoms with van der Waals surface area (Å²) in [6, 6.07) is 13.2. The third kappa shape index (κ3) is 5.82. The van der Waals surface area contributed by atoms with Crippen LogP contribution in [0.4, 0.5) is 0 Å². The van der Waals surface area contributed by atoms with Crippen molar-refractivity contribution in [1.82, 2.24) is 15.1 Å². The van der Waals surface area contributed by atoms with Crippen LogP contribution in [0, 0.1) is 0 Å². The van der Waals surface area contributed by atoms with Crippen LogP contribution in [-0.4, -0.2) is 68.2 Å². The molecule has 0 amide bonds. The summed E-state index contributed by atoms with van der Waals surface area (Å²) < 4.78 is 5.40. The molecule has 1 unspecified atom stereocenters. The van der Waals surface area contributed by atoms with Crippen molar-refractivity contribution in [3.05, 3.63) is 57.8 Å². The molecule has 2 aliphatic rings. The van der Waals surface area contributed by atoms with Crippen LogP contribution in [0.5, 0.6) is 0 Å². The van der Waals surface area contributed by atoms with E-state index in [0.29, 0.717) is 12.5 Å². The lowest BCUT2D eigenvalue weighted by molar-refractivity contribution is 0.0376. The number of fused-ring (bicyclic) bond motifs is 1. The third-order valence-corrected chi connectivity index (χ3v) is 6.98. The highest BCUT2D eigenvalue weighted by Gasteiger charge is 2.25. The number of ether oxygens (including phenoxy) is 1. The van der Waals surface area contributed by atoms with Gasteiger partial charge in [0, 0.05) is 37.6 Å². The summed E-state index contributed by atoms with van der Waals surface area (Å²) in [5.74, 6) is 0.547. The number of hydrogen-bond donors (Lipinski definition) is 2. The largest absolute Gasteiger partial charge is 0.379 e. The van der Waals surface area contributed by atoms with E-state index < -0.39 is 0 Å². The van der Waals surface area contributed by atoms with Crippen LogP contribution in [-0.2, 0) is 17.7 Å². The van der Waals surface area contributed by atoms with E-state index in [1.165, 1.54) is 16.0 Å². The zero-order chi connectivity index (χ0) is 20.6. The third-order valence-electron chi connectivity index (χ3n) is 5.96. The normalized spacial score (nSPS) is 19.4. The Labute approximate surface area is 183 Å². The zero-order valence-electron chi connectivity index (χ0n) is 17.6. The van der Waals surface area contributed by atoms with Crippen molar-refractivity contribution in [3.8, 4) is 0 Å². The van der Waals surface area contributed by atoms with Gasteiger partial charge >= 0.3 is 0 Å². The summed E-state index contributed by atoms with van der Waals surface area (Å²) in [5.41, 5.74) is 8.97. The van der Waals surface area contributed by atoms with Crippen LogP contribution in [0.25, 0.3) is 0 Å². The van der Waals surface area contributed by atoms with E-state index in [1.54, 1.807) is 0 Å². The summed E-state index contributed by atoms with van der Waals surface area (Å²) in [7, 11) is 0. The van der Waals surface area contributed by atoms with Crippen molar-refractivity contribution in [2.75, 3.05) is 52.5 Å². The number of thiophene rings is 1. The number of hydrogen-bond acceptors (Lipinski definition) is 5. The molecular weight excluding hydrogens is 394 g/mol. The summed E-state index contributed by atoms with van der Waals surface area (Å²) in [4.78, 5) is 11.2. The molecule has 4 rings (SSSR count). The molecule has 30 heavy (non-hydrogen) atoms. The Morgan fingerprint density at radius 2 is 2.00 bits per heavy atom. The van der Waals surface area contributed by atoms with Crippen LogP contribution in [0.2, 0.25) is 0 Å². The van der Waals surface area contributed by atoms with Gasteiger partial charge in [-0.2, -0.15) is 0 Å². The molecule has 0 bridgehead atoms. The number of rotatable bonds is 8. The molecule has 1 saturated heterocycles. The Bertz CT molecular complexity index is 803. The number of aliphatic imine (C=N–C) groups is 1. The molecule has 1 fully saturated rings. The molecule has 7 heteroatoms. The van der Waals surface area contributed by atoms with Gasteiger partial charge in [-0.3, -0.25) is 14.8 Å². The van der Waals surface area contributed by atoms with Gasteiger partial charge in [-0.15, -0.1) is 11.3 Å². The molecular formula is C23H33N5OS. The van der Waals surface area contributed by atoms with Gasteiger partial charge in [-0.1, -0.05) is 30.3 Å². The van der Waals surface area contributed by atoms with Gasteiger partial charge < -0.3 is 15.8 Å². The number of benzene rings is 1. The number of nitrogens with two attached hydrogens (primary N) is 1. The van der Waals surface area contributed by atoms with Crippen molar-refractivity contribution in [1.29, 1.82) is 0 Å². The molecule has 6 nitrogen and oxygen atoms in total. The monoisotopic (exact) mass is 427 g/mol. The van der Waals surface area contributed by atoms with Gasteiger partial charge in [0.1, 0.15) is 0 Å². The van der Waals surface area contributed by atoms with Crippen LogP contribution in [0.15, 0.2) is 46.8 Å². The quantitative estimate of drug-likeness (QED) is 0.385. The number of nitrogens with zero attached hydrogens (tertiary/aromatic N) is 3. The topological polar surface area (TPSA) is 66.1 Å². The Morgan fingerprint density at radius 3 is 2.83 bits per heavy atom. The standard InChI is InChI=1S/C23H33N5OS/c24-23(25-9-4-10-27-12-14-29-15-13-27)26-17-21(19-5-2-1-3-6-19)28-11-7-22-20(18-28)8-16-30-22/h1-3,5-6,8,16,21H,4,7,9-15,17-18H2,(H3,24,25,26). The average molecular weight is 428 g/mol. The van der Waals surface area contributed by atoms with E-state index in [0.717, 1.165) is 65.3 Å². The molecule has 2 aromatic rings. The fraction of sp³-hybridized carbons (Fsp3) is 0.522. The fourth-order valence-electron chi connectivity index (χ4n) is 4.23. The van der Waals surface area contributed by atoms with Crippen LogP contribution >= 0.6 is 11.3 Å². The highest BCUT2D eigenvalue weighted by molar-refractivity contribution is 7.10. The van der Waals surface area contributed by atoms with Crippen molar-refractivity contribution in [3.63, 3.8) is 0 Å². The molecule has 0 aliphatic carbocycles. The number of guanidine groups is 1. The minimum atomic E-state index is 0.243. The fourth-order valence-corrected chi connectivity index (χ4v) is 5.12. The smallest absolute Gasteiger partial charge is 0.188 e. The van der Waals surface area contributed by atoms with Gasteiger partial charge in [-0.05, 0) is 42.0 Å². The molecule has 2 aliphatic heterocycles. The molecule has 3 N–H and O–H groups in total. The lowest BCUT2D eigenvalue weighted by atomic mass is 10.0. The van der Waals surface area contributed by atoms with Crippen molar-refractivity contribution >= 4 is 17.3 Å². The van der Waals surface area contributed by atoms with E-state index in [2.05, 4.69) is 56.9 Å². The molecule has 1 aromatic carbocycles. The maximum absolute atomic E-state index is 6.20. The molecule has 162 valence electrons. The molecule has 0 radical (unpaired) electrons. The SMILES string of the molecule is NC(=NCC(c1ccccc1)N1CCc2sccc2C1)NCCCN1CCOCC1. The summed E-state index contributed by atoms with van der Waals surface area (Å²) in [5, 5.41) is 5.51. The van der Waals surface area contributed by atoms with Gasteiger partial charge in [0.25, 0.3) is 0 Å². The lowest BCUT2D eigenvalue weighted by Crippen LogP contribution is -2.39. The second-order valence-electron chi connectivity index (χ2n) is 7.98. The minimum absolute atomic E-state index is 0.243. The first-order valence-electron chi connectivity index (χ1n) is 11.0. The Kier molecular flexibility index (Phi) is 7.75. The summed E-state index contributed by atoms with van der Waals surface area (Å²) in [6.45, 7) is 8.41. The Hall–Kier alpha value is -1.93. The first kappa shape index (κ1) is 21.3. The maximum atomic E-state index is 6.20. The van der Waals surface area contributed by atoms with Gasteiger partial charge in [0.2, 0.25) is 0 Å². The molecule has 1 aromatic heterocycles. The van der Waals surface area contributed by atoms with Crippen LogP contribution in [0.3, 0.4) is 0 Å². The summed E-state index contributed by atoms with van der Waals surface area (Å²) >= 11 is 1.88. The second-order valence-corrected chi connectivity index (χ2v) is 8.98. The van der Waals surface area contributed by atoms with Gasteiger partial charge in [-0.25, -0.2) is 0 Å². The molecule has 3 heterocycles. The second kappa shape index (κ2) is 10.9. The zero-order valence-corrected chi connectivity index (χ0v) is 18.4. The number of morpholine rings is 1. The van der Waals surface area contributed by atoms with E-state index in [-0.39, 0.29) is 6.04 Å². The highest BCUT2D eigenvalue weighted by Crippen LogP contribution is 2.30. The predicted molar refractivity (Wildman–Crippen MR) is 124 cm³/mol. The van der Waals surface area contributed by atoms with E-state index >= 15 is 0 Å². The highest BCUT2D eigenvalue weighted by atomic mass is 32.1. The van der Waals surface area contributed by atoms with Gasteiger partial charge in [0.05, 0.1) is 25.8 Å². The lowest BCUT2D eigenvalue weighted by Gasteiger charge is -2.34. The molecule has 1 atom stereocenters. The van der Waals surface area contributed by atoms with E-state index in [1.807, 2.05) is 11.3 Å². The van der Waals surface area contributed by atoms with E-state index in [4.69, 9.17) is 15.5 Å². The number of nitrogens with one attached hydrogen (secondary N) is 1. The molecule has 0 spiro atoms. The molecule has 0 saturated carbocycles. The van der Waals surface area contributed by atoms with Crippen molar-refractivity contribution in [2.24, 2.45) is 10.7 Å². The first-order valence-corrected chi connectivity index (χ1v) is 11.9. The average Bonchev–Trinajstić information content (AvgIpc) is 3.26. The van der Waals surface area contributed by atoms with Gasteiger partial charge in [0.15, 0.2) is 5.96 Å². The van der Waals surface area contributed by atoms with Crippen LogP contribution in [0.1, 0.15) is 28.5 Å².